The molecule has 3 aromatic rings. The molecule has 0 aromatic heterocycles. The zero-order chi connectivity index (χ0) is 25.7. The van der Waals surface area contributed by atoms with Crippen LogP contribution in [0.15, 0.2) is 60.7 Å². The number of piperidine rings is 1. The number of carbonyl (C=O) groups excluding carboxylic acids is 1. The molecular formula is C28H35Cl2N5O3. The number of nitrogens with one attached hydrogen (secondary N) is 2. The average Bonchev–Trinajstić information content (AvgIpc) is 2.88. The van der Waals surface area contributed by atoms with Gasteiger partial charge in [-0.1, -0.05) is 24.3 Å². The van der Waals surface area contributed by atoms with Gasteiger partial charge in [-0.3, -0.25) is 15.6 Å². The summed E-state index contributed by atoms with van der Waals surface area (Å²) in [6.45, 7) is 3.83. The number of ether oxygens (including phenoxy) is 2. The number of carbonyl (C=O) groups is 1. The molecule has 1 aliphatic heterocycles. The summed E-state index contributed by atoms with van der Waals surface area (Å²) < 4.78 is 11.3. The number of fused-ring (bicyclic) bond motifs is 1. The Balaban J connectivity index is 0.00000253. The number of benzene rings is 3. The molecule has 38 heavy (non-hydrogen) atoms. The zero-order valence-electron chi connectivity index (χ0n) is 21.6. The molecule has 1 heterocycles. The number of methoxy groups -OCH3 is 1. The van der Waals surface area contributed by atoms with Gasteiger partial charge in [0, 0.05) is 44.3 Å². The third-order valence-electron chi connectivity index (χ3n) is 6.49. The number of amides is 1. The molecule has 4 N–H and O–H groups in total. The lowest BCUT2D eigenvalue weighted by molar-refractivity contribution is -0.122. The molecule has 1 amide bonds. The van der Waals surface area contributed by atoms with Crippen LogP contribution in [0.5, 0.6) is 5.75 Å². The van der Waals surface area contributed by atoms with Crippen LogP contribution in [-0.2, 0) is 16.1 Å². The minimum Gasteiger partial charge on any atom is -0.490 e. The van der Waals surface area contributed by atoms with E-state index in [0.717, 1.165) is 53.7 Å². The van der Waals surface area contributed by atoms with Gasteiger partial charge in [0.05, 0.1) is 12.4 Å². The number of likely N-dealkylation sites (tertiary alicyclic amines) is 1. The number of hydrogen-bond donors (Lipinski definition) is 3. The second-order valence-corrected chi connectivity index (χ2v) is 9.11. The minimum atomic E-state index is -0.141. The maximum Gasteiger partial charge on any atom is 0.253 e. The van der Waals surface area contributed by atoms with E-state index in [0.29, 0.717) is 17.9 Å². The number of nitrogens with zero attached hydrogens (tertiary/aromatic N) is 2. The van der Waals surface area contributed by atoms with Crippen molar-refractivity contribution in [2.75, 3.05) is 31.7 Å². The van der Waals surface area contributed by atoms with Gasteiger partial charge in [0.1, 0.15) is 24.3 Å². The highest BCUT2D eigenvalue weighted by Gasteiger charge is 2.21. The summed E-state index contributed by atoms with van der Waals surface area (Å²) in [6, 6.07) is 19.3. The van der Waals surface area contributed by atoms with Crippen molar-refractivity contribution in [1.29, 1.82) is 10.8 Å². The molecule has 0 saturated carbocycles. The summed E-state index contributed by atoms with van der Waals surface area (Å²) in [5.74, 6) is 1.25. The number of nitrogens with two attached hydrogens (primary N) is 1. The molecule has 0 aliphatic carbocycles. The molecule has 0 bridgehead atoms. The first-order chi connectivity index (χ1) is 17.3. The molecule has 0 unspecified atom stereocenters. The van der Waals surface area contributed by atoms with Crippen molar-refractivity contribution in [2.45, 2.75) is 32.4 Å². The van der Waals surface area contributed by atoms with Crippen LogP contribution >= 0.6 is 24.8 Å². The van der Waals surface area contributed by atoms with Crippen molar-refractivity contribution in [3.63, 3.8) is 0 Å². The quantitative estimate of drug-likeness (QED) is 0.265. The van der Waals surface area contributed by atoms with Gasteiger partial charge >= 0.3 is 0 Å². The van der Waals surface area contributed by atoms with Gasteiger partial charge in [-0.05, 0) is 59.7 Å². The molecule has 3 aromatic carbocycles. The highest BCUT2D eigenvalue weighted by atomic mass is 35.5. The zero-order valence-corrected chi connectivity index (χ0v) is 23.2. The van der Waals surface area contributed by atoms with Crippen LogP contribution in [0, 0.1) is 10.8 Å². The predicted octanol–water partition coefficient (Wildman–Crippen LogP) is 4.99. The standard InChI is InChI=1S/C28H33N5O3.2ClH/c1-19(29)32-13-11-26(12-14-32)36-25-9-7-24(8-10-25)33(27(34)18-35-2)17-20-3-4-21-5-6-22(28(30)31)16-23(21)15-20;;/h3-10,15-16,26,29H,11-14,17-18H2,1-2H3,(H3,30,31);2*1H. The molecule has 1 aliphatic rings. The number of hydrogen-bond acceptors (Lipinski definition) is 5. The van der Waals surface area contributed by atoms with Crippen molar-refractivity contribution in [1.82, 2.24) is 4.90 Å². The van der Waals surface area contributed by atoms with E-state index < -0.39 is 0 Å². The second kappa shape index (κ2) is 14.0. The van der Waals surface area contributed by atoms with Crippen LogP contribution < -0.4 is 15.4 Å². The van der Waals surface area contributed by atoms with E-state index >= 15 is 0 Å². The lowest BCUT2D eigenvalue weighted by atomic mass is 10.0. The molecule has 8 nitrogen and oxygen atoms in total. The molecule has 0 spiro atoms. The predicted molar refractivity (Wildman–Crippen MR) is 158 cm³/mol. The Morgan fingerprint density at radius 3 is 2.26 bits per heavy atom. The minimum absolute atomic E-state index is 0. The number of amidine groups is 2. The van der Waals surface area contributed by atoms with Gasteiger partial charge in [-0.15, -0.1) is 24.8 Å². The number of nitrogen functional groups attached to an aromatic ring is 1. The van der Waals surface area contributed by atoms with Gasteiger partial charge in [-0.25, -0.2) is 0 Å². The maximum absolute atomic E-state index is 12.9. The Morgan fingerprint density at radius 2 is 1.66 bits per heavy atom. The fourth-order valence-electron chi connectivity index (χ4n) is 4.48. The van der Waals surface area contributed by atoms with Gasteiger partial charge in [0.2, 0.25) is 0 Å². The smallest absolute Gasteiger partial charge is 0.253 e. The van der Waals surface area contributed by atoms with Gasteiger partial charge in [0.15, 0.2) is 0 Å². The van der Waals surface area contributed by atoms with Gasteiger partial charge in [0.25, 0.3) is 5.91 Å². The number of anilines is 1. The monoisotopic (exact) mass is 559 g/mol. The van der Waals surface area contributed by atoms with Crippen molar-refractivity contribution < 1.29 is 14.3 Å². The first-order valence-corrected chi connectivity index (χ1v) is 12.1. The lowest BCUT2D eigenvalue weighted by Crippen LogP contribution is -2.40. The van der Waals surface area contributed by atoms with E-state index in [9.17, 15) is 4.79 Å². The van der Waals surface area contributed by atoms with Gasteiger partial charge < -0.3 is 25.0 Å². The third kappa shape index (κ3) is 7.60. The van der Waals surface area contributed by atoms with Crippen LogP contribution in [0.25, 0.3) is 10.8 Å². The second-order valence-electron chi connectivity index (χ2n) is 9.11. The molecule has 0 atom stereocenters. The van der Waals surface area contributed by atoms with E-state index in [2.05, 4.69) is 4.90 Å². The Bertz CT molecular complexity index is 1260. The fourth-order valence-corrected chi connectivity index (χ4v) is 4.48. The lowest BCUT2D eigenvalue weighted by Gasteiger charge is -2.33. The van der Waals surface area contributed by atoms with Crippen LogP contribution in [0.4, 0.5) is 5.69 Å². The fraction of sp³-hybridized carbons (Fsp3) is 0.321. The van der Waals surface area contributed by atoms with Crippen LogP contribution in [0.3, 0.4) is 0 Å². The van der Waals surface area contributed by atoms with Crippen LogP contribution in [0.1, 0.15) is 30.9 Å². The molecule has 204 valence electrons. The maximum atomic E-state index is 12.9. The SMILES string of the molecule is COCC(=O)N(Cc1ccc2ccc(C(=N)N)cc2c1)c1ccc(OC2CCN(C(C)=N)CC2)cc1.Cl.Cl. The third-order valence-corrected chi connectivity index (χ3v) is 6.49. The van der Waals surface area contributed by atoms with E-state index in [1.165, 1.54) is 7.11 Å². The Labute approximate surface area is 235 Å². The number of halogens is 2. The van der Waals surface area contributed by atoms with E-state index in [1.807, 2.05) is 67.6 Å². The molecule has 4 rings (SSSR count). The summed E-state index contributed by atoms with van der Waals surface area (Å²) in [4.78, 5) is 16.7. The topological polar surface area (TPSA) is 116 Å². The van der Waals surface area contributed by atoms with E-state index in [-0.39, 0.29) is 49.3 Å². The van der Waals surface area contributed by atoms with E-state index in [4.69, 9.17) is 26.0 Å². The Hall–Kier alpha value is -3.33. The average molecular weight is 561 g/mol. The van der Waals surface area contributed by atoms with Crippen molar-refractivity contribution in [3.8, 4) is 5.75 Å². The number of rotatable bonds is 8. The summed E-state index contributed by atoms with van der Waals surface area (Å²) in [5, 5.41) is 17.5. The molecule has 1 saturated heterocycles. The molecule has 1 fully saturated rings. The largest absolute Gasteiger partial charge is 0.490 e. The van der Waals surface area contributed by atoms with E-state index in [1.54, 1.807) is 4.90 Å². The summed E-state index contributed by atoms with van der Waals surface area (Å²) in [5.41, 5.74) is 8.05. The van der Waals surface area contributed by atoms with Crippen LogP contribution in [-0.4, -0.2) is 55.4 Å². The normalized spacial score (nSPS) is 13.3. The highest BCUT2D eigenvalue weighted by Crippen LogP contribution is 2.26. The van der Waals surface area contributed by atoms with Gasteiger partial charge in [-0.2, -0.15) is 0 Å². The first-order valence-electron chi connectivity index (χ1n) is 12.1. The summed E-state index contributed by atoms with van der Waals surface area (Å²) in [7, 11) is 1.51. The van der Waals surface area contributed by atoms with Crippen LogP contribution in [0.2, 0.25) is 0 Å². The van der Waals surface area contributed by atoms with Crippen molar-refractivity contribution >= 4 is 58.9 Å². The first kappa shape index (κ1) is 30.9. The highest BCUT2D eigenvalue weighted by molar-refractivity contribution is 5.99. The summed E-state index contributed by atoms with van der Waals surface area (Å²) in [6.07, 6.45) is 1.88. The Kier molecular flexibility index (Phi) is 11.4. The Morgan fingerprint density at radius 1 is 1.00 bits per heavy atom. The molecular weight excluding hydrogens is 525 g/mol. The van der Waals surface area contributed by atoms with Crippen molar-refractivity contribution in [2.24, 2.45) is 5.73 Å². The van der Waals surface area contributed by atoms with Crippen molar-refractivity contribution in [3.05, 3.63) is 71.8 Å². The molecule has 10 heteroatoms. The molecule has 0 radical (unpaired) electrons. The summed E-state index contributed by atoms with van der Waals surface area (Å²) >= 11 is 0.